The minimum Gasteiger partial charge on any atom is -0.355 e. The zero-order chi connectivity index (χ0) is 24.8. The van der Waals surface area contributed by atoms with Gasteiger partial charge >= 0.3 is 0 Å². The molecular weight excluding hydrogens is 466 g/mol. The highest BCUT2D eigenvalue weighted by Crippen LogP contribution is 2.36. The van der Waals surface area contributed by atoms with Crippen LogP contribution < -0.4 is 10.5 Å². The van der Waals surface area contributed by atoms with Gasteiger partial charge < -0.3 is 9.80 Å². The van der Waals surface area contributed by atoms with E-state index in [2.05, 4.69) is 36.6 Å². The fourth-order valence-corrected chi connectivity index (χ4v) is 5.71. The third-order valence-corrected chi connectivity index (χ3v) is 7.96. The van der Waals surface area contributed by atoms with Crippen molar-refractivity contribution in [2.45, 2.75) is 59.9 Å². The van der Waals surface area contributed by atoms with Crippen molar-refractivity contribution in [3.63, 3.8) is 0 Å². The second-order valence-electron chi connectivity index (χ2n) is 8.77. The number of nitriles is 1. The SMILES string of the molecule is CCCCN1C(=O)/C(=C\c2c(C)c(C#N)c(=O)n(CCCC)c2N2CCN(CC)CC2)SC1=S. The van der Waals surface area contributed by atoms with Gasteiger partial charge in [-0.1, -0.05) is 57.6 Å². The Hall–Kier alpha value is -2.15. The first-order chi connectivity index (χ1) is 16.4. The second kappa shape index (κ2) is 12.0. The average molecular weight is 502 g/mol. The Bertz CT molecular complexity index is 1060. The number of hydrogen-bond acceptors (Lipinski definition) is 7. The van der Waals surface area contributed by atoms with E-state index in [4.69, 9.17) is 12.2 Å². The summed E-state index contributed by atoms with van der Waals surface area (Å²) in [6.45, 7) is 13.7. The monoisotopic (exact) mass is 501 g/mol. The Balaban J connectivity index is 2.16. The van der Waals surface area contributed by atoms with E-state index in [-0.39, 0.29) is 17.0 Å². The van der Waals surface area contributed by atoms with Gasteiger partial charge in [0.15, 0.2) is 0 Å². The van der Waals surface area contributed by atoms with Gasteiger partial charge in [0.05, 0.1) is 4.91 Å². The van der Waals surface area contributed by atoms with Crippen LogP contribution in [0.1, 0.15) is 63.1 Å². The molecule has 1 aromatic rings. The minimum absolute atomic E-state index is 0.0885. The molecule has 2 aliphatic heterocycles. The van der Waals surface area contributed by atoms with Crippen LogP contribution in [0.5, 0.6) is 0 Å². The Morgan fingerprint density at radius 1 is 1.06 bits per heavy atom. The van der Waals surface area contributed by atoms with Gasteiger partial charge in [0.2, 0.25) is 0 Å². The van der Waals surface area contributed by atoms with Gasteiger partial charge in [0, 0.05) is 44.8 Å². The number of amides is 1. The van der Waals surface area contributed by atoms with Crippen molar-refractivity contribution in [2.24, 2.45) is 0 Å². The van der Waals surface area contributed by atoms with Crippen molar-refractivity contribution in [3.05, 3.63) is 31.9 Å². The van der Waals surface area contributed by atoms with Crippen LogP contribution in [0.2, 0.25) is 0 Å². The van der Waals surface area contributed by atoms with E-state index < -0.39 is 0 Å². The lowest BCUT2D eigenvalue weighted by Crippen LogP contribution is -2.48. The van der Waals surface area contributed by atoms with Gasteiger partial charge in [0.25, 0.3) is 11.5 Å². The molecule has 1 amide bonds. The summed E-state index contributed by atoms with van der Waals surface area (Å²) >= 11 is 6.81. The van der Waals surface area contributed by atoms with Crippen molar-refractivity contribution >= 4 is 46.1 Å². The summed E-state index contributed by atoms with van der Waals surface area (Å²) in [6.07, 6.45) is 5.53. The number of piperazine rings is 1. The molecular formula is C25H35N5O2S2. The topological polar surface area (TPSA) is 72.6 Å². The Kier molecular flexibility index (Phi) is 9.34. The van der Waals surface area contributed by atoms with Crippen molar-refractivity contribution in [2.75, 3.05) is 44.2 Å². The first-order valence-corrected chi connectivity index (χ1v) is 13.5. The normalized spacial score (nSPS) is 18.3. The number of thiocarbonyl (C=S) groups is 1. The number of nitrogens with zero attached hydrogens (tertiary/aromatic N) is 5. The number of hydrogen-bond donors (Lipinski definition) is 0. The molecule has 0 aromatic carbocycles. The molecule has 34 heavy (non-hydrogen) atoms. The fraction of sp³-hybridized carbons (Fsp3) is 0.600. The third kappa shape index (κ3) is 5.40. The lowest BCUT2D eigenvalue weighted by molar-refractivity contribution is -0.122. The van der Waals surface area contributed by atoms with E-state index >= 15 is 0 Å². The maximum absolute atomic E-state index is 13.4. The standard InChI is InChI=1S/C25H35N5O2S2/c1-5-8-10-29-22(28-14-12-27(7-3)13-15-28)19(18(4)20(17-26)23(29)31)16-21-24(32)30(11-9-6-2)25(33)34-21/h16H,5-15H2,1-4H3/b21-16+. The summed E-state index contributed by atoms with van der Waals surface area (Å²) in [6, 6.07) is 2.13. The fourth-order valence-electron chi connectivity index (χ4n) is 4.42. The number of rotatable bonds is 9. The number of thioether (sulfide) groups is 1. The molecule has 1 aromatic heterocycles. The lowest BCUT2D eigenvalue weighted by atomic mass is 10.0. The molecule has 2 fully saturated rings. The summed E-state index contributed by atoms with van der Waals surface area (Å²) in [5.41, 5.74) is 1.33. The van der Waals surface area contributed by atoms with E-state index in [0.29, 0.717) is 27.9 Å². The predicted octanol–water partition coefficient (Wildman–Crippen LogP) is 3.97. The van der Waals surface area contributed by atoms with Crippen LogP contribution in [0.4, 0.5) is 5.82 Å². The summed E-state index contributed by atoms with van der Waals surface area (Å²) in [7, 11) is 0. The third-order valence-electron chi connectivity index (χ3n) is 6.59. The van der Waals surface area contributed by atoms with Crippen LogP contribution in [0, 0.1) is 18.3 Å². The minimum atomic E-state index is -0.242. The number of carbonyl (C=O) groups is 1. The average Bonchev–Trinajstić information content (AvgIpc) is 3.11. The Morgan fingerprint density at radius 3 is 2.29 bits per heavy atom. The number of unbranched alkanes of at least 4 members (excludes halogenated alkanes) is 2. The van der Waals surface area contributed by atoms with Crippen LogP contribution in [-0.4, -0.2) is 63.9 Å². The molecule has 0 aliphatic carbocycles. The second-order valence-corrected chi connectivity index (χ2v) is 10.4. The van der Waals surface area contributed by atoms with Gasteiger partial charge in [-0.15, -0.1) is 0 Å². The number of likely N-dealkylation sites (N-methyl/N-ethyl adjacent to an activating group) is 1. The van der Waals surface area contributed by atoms with E-state index in [1.165, 1.54) is 11.8 Å². The molecule has 2 aliphatic rings. The molecule has 0 N–H and O–H groups in total. The van der Waals surface area contributed by atoms with Crippen LogP contribution in [0.25, 0.3) is 6.08 Å². The van der Waals surface area contributed by atoms with Crippen molar-refractivity contribution < 1.29 is 4.79 Å². The van der Waals surface area contributed by atoms with Gasteiger partial charge in [-0.25, -0.2) is 0 Å². The van der Waals surface area contributed by atoms with Crippen LogP contribution in [-0.2, 0) is 11.3 Å². The molecule has 9 heteroatoms. The molecule has 3 heterocycles. The summed E-state index contributed by atoms with van der Waals surface area (Å²) < 4.78 is 2.33. The zero-order valence-corrected chi connectivity index (χ0v) is 22.4. The molecule has 0 unspecified atom stereocenters. The zero-order valence-electron chi connectivity index (χ0n) is 20.7. The highest BCUT2D eigenvalue weighted by Gasteiger charge is 2.33. The maximum Gasteiger partial charge on any atom is 0.270 e. The van der Waals surface area contributed by atoms with E-state index in [1.54, 1.807) is 9.47 Å². The van der Waals surface area contributed by atoms with E-state index in [1.807, 2.05) is 13.0 Å². The van der Waals surface area contributed by atoms with Crippen LogP contribution in [0.3, 0.4) is 0 Å². The van der Waals surface area contributed by atoms with Gasteiger partial charge in [-0.05, 0) is 37.9 Å². The smallest absolute Gasteiger partial charge is 0.270 e. The quantitative estimate of drug-likeness (QED) is 0.374. The summed E-state index contributed by atoms with van der Waals surface area (Å²) in [5.74, 6) is 0.735. The Labute approximate surface area is 212 Å². The largest absolute Gasteiger partial charge is 0.355 e. The lowest BCUT2D eigenvalue weighted by Gasteiger charge is -2.37. The van der Waals surface area contributed by atoms with Gasteiger partial charge in [-0.3, -0.25) is 19.1 Å². The van der Waals surface area contributed by atoms with Gasteiger partial charge in [-0.2, -0.15) is 5.26 Å². The van der Waals surface area contributed by atoms with E-state index in [0.717, 1.165) is 69.8 Å². The molecule has 3 rings (SSSR count). The number of anilines is 1. The maximum atomic E-state index is 13.4. The summed E-state index contributed by atoms with van der Waals surface area (Å²) in [4.78, 5) is 33.4. The predicted molar refractivity (Wildman–Crippen MR) is 144 cm³/mol. The highest BCUT2D eigenvalue weighted by atomic mass is 32.2. The number of aromatic nitrogens is 1. The van der Waals surface area contributed by atoms with Gasteiger partial charge in [0.1, 0.15) is 21.8 Å². The van der Waals surface area contributed by atoms with Crippen LogP contribution in [0.15, 0.2) is 9.70 Å². The molecule has 0 bridgehead atoms. The number of pyridine rings is 1. The molecule has 2 saturated heterocycles. The first-order valence-electron chi connectivity index (χ1n) is 12.3. The van der Waals surface area contributed by atoms with Crippen molar-refractivity contribution in [3.8, 4) is 6.07 Å². The molecule has 184 valence electrons. The summed E-state index contributed by atoms with van der Waals surface area (Å²) in [5, 5.41) is 9.83. The van der Waals surface area contributed by atoms with Crippen molar-refractivity contribution in [1.82, 2.24) is 14.4 Å². The molecule has 0 radical (unpaired) electrons. The number of carbonyl (C=O) groups excluding carboxylic acids is 1. The van der Waals surface area contributed by atoms with Crippen molar-refractivity contribution in [1.29, 1.82) is 5.26 Å². The highest BCUT2D eigenvalue weighted by molar-refractivity contribution is 8.26. The van der Waals surface area contributed by atoms with Crippen LogP contribution >= 0.6 is 24.0 Å². The molecule has 0 spiro atoms. The molecule has 0 saturated carbocycles. The molecule has 7 nitrogen and oxygen atoms in total. The Morgan fingerprint density at radius 2 is 1.71 bits per heavy atom. The first kappa shape index (κ1) is 26.5. The van der Waals surface area contributed by atoms with E-state index in [9.17, 15) is 14.9 Å². The molecule has 0 atom stereocenters.